The molecule has 0 bridgehead atoms. The summed E-state index contributed by atoms with van der Waals surface area (Å²) in [5, 5.41) is 11.8. The van der Waals surface area contributed by atoms with Crippen LogP contribution in [-0.4, -0.2) is 54.1 Å². The Balaban J connectivity index is 1.82. The van der Waals surface area contributed by atoms with Crippen molar-refractivity contribution in [2.24, 2.45) is 0 Å². The molecule has 0 aliphatic carbocycles. The lowest BCUT2D eigenvalue weighted by Crippen LogP contribution is -2.28. The van der Waals surface area contributed by atoms with Gasteiger partial charge in [-0.2, -0.15) is 0 Å². The van der Waals surface area contributed by atoms with Gasteiger partial charge in [-0.15, -0.1) is 0 Å². The fourth-order valence-corrected chi connectivity index (χ4v) is 3.08. The number of H-pyrrole nitrogens is 1. The highest BCUT2D eigenvalue weighted by Gasteiger charge is 2.09. The van der Waals surface area contributed by atoms with E-state index in [-0.39, 0.29) is 5.75 Å². The standard InChI is InChI=1S/C20H24ClN3O/c1-23(2)8-9-24(3)13-14-4-5-15-11-19(22-18(15)10-14)17-7-6-16(21)12-20(17)25/h4-7,10-12,22,25H,8-9,13H2,1-3H3. The molecule has 0 saturated carbocycles. The van der Waals surface area contributed by atoms with Gasteiger partial charge in [0.15, 0.2) is 0 Å². The number of benzene rings is 2. The predicted octanol–water partition coefficient (Wildman–Crippen LogP) is 4.19. The van der Waals surface area contributed by atoms with E-state index in [1.54, 1.807) is 12.1 Å². The average molecular weight is 358 g/mol. The zero-order valence-corrected chi connectivity index (χ0v) is 15.6. The van der Waals surface area contributed by atoms with Crippen LogP contribution in [0.4, 0.5) is 0 Å². The molecule has 0 unspecified atom stereocenters. The lowest BCUT2D eigenvalue weighted by Gasteiger charge is -2.19. The minimum Gasteiger partial charge on any atom is -0.507 e. The maximum absolute atomic E-state index is 10.1. The van der Waals surface area contributed by atoms with Crippen LogP contribution >= 0.6 is 11.6 Å². The van der Waals surface area contributed by atoms with Gasteiger partial charge < -0.3 is 19.9 Å². The highest BCUT2D eigenvalue weighted by molar-refractivity contribution is 6.30. The lowest BCUT2D eigenvalue weighted by molar-refractivity contribution is 0.276. The summed E-state index contributed by atoms with van der Waals surface area (Å²) in [6.07, 6.45) is 0. The summed E-state index contributed by atoms with van der Waals surface area (Å²) in [6.45, 7) is 2.98. The molecule has 5 heteroatoms. The molecule has 0 saturated heterocycles. The van der Waals surface area contributed by atoms with Crippen molar-refractivity contribution < 1.29 is 5.11 Å². The number of nitrogens with zero attached hydrogens (tertiary/aromatic N) is 2. The molecular weight excluding hydrogens is 334 g/mol. The van der Waals surface area contributed by atoms with Crippen molar-refractivity contribution >= 4 is 22.5 Å². The van der Waals surface area contributed by atoms with Crippen LogP contribution in [-0.2, 0) is 6.54 Å². The molecule has 2 N–H and O–H groups in total. The lowest BCUT2D eigenvalue weighted by atomic mass is 10.1. The number of aromatic amines is 1. The number of halogens is 1. The van der Waals surface area contributed by atoms with E-state index in [1.165, 1.54) is 5.56 Å². The van der Waals surface area contributed by atoms with Crippen molar-refractivity contribution in [2.75, 3.05) is 34.2 Å². The minimum absolute atomic E-state index is 0.183. The second-order valence-corrected chi connectivity index (χ2v) is 7.24. The number of rotatable bonds is 6. The Morgan fingerprint density at radius 1 is 1.00 bits per heavy atom. The number of aromatic nitrogens is 1. The summed E-state index contributed by atoms with van der Waals surface area (Å²) in [6, 6.07) is 13.7. The van der Waals surface area contributed by atoms with Crippen molar-refractivity contribution in [2.45, 2.75) is 6.54 Å². The van der Waals surface area contributed by atoms with Crippen LogP contribution in [0.1, 0.15) is 5.56 Å². The van der Waals surface area contributed by atoms with E-state index in [0.29, 0.717) is 5.02 Å². The van der Waals surface area contributed by atoms with E-state index in [9.17, 15) is 5.11 Å². The first-order chi connectivity index (χ1) is 11.9. The Hall–Kier alpha value is -2.01. The number of phenols is 1. The highest BCUT2D eigenvalue weighted by atomic mass is 35.5. The molecule has 3 aromatic rings. The van der Waals surface area contributed by atoms with E-state index >= 15 is 0 Å². The molecule has 2 aromatic carbocycles. The van der Waals surface area contributed by atoms with Gasteiger partial charge in [0.2, 0.25) is 0 Å². The van der Waals surface area contributed by atoms with Crippen LogP contribution in [0.5, 0.6) is 5.75 Å². The molecule has 1 heterocycles. The highest BCUT2D eigenvalue weighted by Crippen LogP contribution is 2.33. The summed E-state index contributed by atoms with van der Waals surface area (Å²) in [4.78, 5) is 7.91. The molecule has 132 valence electrons. The quantitative estimate of drug-likeness (QED) is 0.695. The Kier molecular flexibility index (Phi) is 5.33. The maximum Gasteiger partial charge on any atom is 0.126 e. The SMILES string of the molecule is CN(C)CCN(C)Cc1ccc2cc(-c3ccc(Cl)cc3O)[nH]c2c1. The topological polar surface area (TPSA) is 42.5 Å². The van der Waals surface area contributed by atoms with E-state index in [1.807, 2.05) is 6.07 Å². The second-order valence-electron chi connectivity index (χ2n) is 6.81. The van der Waals surface area contributed by atoms with E-state index < -0.39 is 0 Å². The predicted molar refractivity (Wildman–Crippen MR) is 105 cm³/mol. The summed E-state index contributed by atoms with van der Waals surface area (Å²) >= 11 is 5.92. The van der Waals surface area contributed by atoms with Gasteiger partial charge in [0.1, 0.15) is 5.75 Å². The molecule has 3 rings (SSSR count). The van der Waals surface area contributed by atoms with E-state index in [2.05, 4.69) is 60.2 Å². The van der Waals surface area contributed by atoms with Gasteiger partial charge in [-0.25, -0.2) is 0 Å². The molecule has 0 atom stereocenters. The van der Waals surface area contributed by atoms with Gasteiger partial charge in [-0.05, 0) is 57.0 Å². The summed E-state index contributed by atoms with van der Waals surface area (Å²) in [5.74, 6) is 0.183. The van der Waals surface area contributed by atoms with Gasteiger partial charge >= 0.3 is 0 Å². The van der Waals surface area contributed by atoms with E-state index in [4.69, 9.17) is 11.6 Å². The first kappa shape index (κ1) is 17.8. The summed E-state index contributed by atoms with van der Waals surface area (Å²) in [5.41, 5.74) is 3.98. The molecule has 0 aliphatic heterocycles. The second kappa shape index (κ2) is 7.48. The molecule has 0 aliphatic rings. The third-order valence-corrected chi connectivity index (χ3v) is 4.55. The number of phenolic OH excluding ortho intramolecular Hbond substituents is 1. The van der Waals surface area contributed by atoms with Crippen molar-refractivity contribution in [3.05, 3.63) is 53.1 Å². The molecule has 4 nitrogen and oxygen atoms in total. The molecule has 0 radical (unpaired) electrons. The summed E-state index contributed by atoms with van der Waals surface area (Å²) in [7, 11) is 6.32. The normalized spacial score (nSPS) is 11.8. The fourth-order valence-electron chi connectivity index (χ4n) is 2.91. The van der Waals surface area contributed by atoms with Crippen molar-refractivity contribution in [1.29, 1.82) is 0 Å². The average Bonchev–Trinajstić information content (AvgIpc) is 2.95. The van der Waals surface area contributed by atoms with Crippen LogP contribution in [0.3, 0.4) is 0 Å². The molecular formula is C20H24ClN3O. The number of hydrogen-bond acceptors (Lipinski definition) is 3. The van der Waals surface area contributed by atoms with Crippen molar-refractivity contribution in [3.63, 3.8) is 0 Å². The van der Waals surface area contributed by atoms with Gasteiger partial charge in [0.25, 0.3) is 0 Å². The van der Waals surface area contributed by atoms with Crippen LogP contribution in [0.15, 0.2) is 42.5 Å². The largest absolute Gasteiger partial charge is 0.507 e. The Bertz CT molecular complexity index is 873. The number of aromatic hydroxyl groups is 1. The van der Waals surface area contributed by atoms with Crippen molar-refractivity contribution in [3.8, 4) is 17.0 Å². The zero-order valence-electron chi connectivity index (χ0n) is 14.9. The van der Waals surface area contributed by atoms with Gasteiger partial charge in [0, 0.05) is 41.1 Å². The van der Waals surface area contributed by atoms with Gasteiger partial charge in [-0.3, -0.25) is 0 Å². The Morgan fingerprint density at radius 2 is 1.80 bits per heavy atom. The molecule has 0 amide bonds. The first-order valence-electron chi connectivity index (χ1n) is 8.36. The number of likely N-dealkylation sites (N-methyl/N-ethyl adjacent to an activating group) is 2. The van der Waals surface area contributed by atoms with Crippen LogP contribution < -0.4 is 0 Å². The van der Waals surface area contributed by atoms with Gasteiger partial charge in [-0.1, -0.05) is 23.7 Å². The maximum atomic E-state index is 10.1. The summed E-state index contributed by atoms with van der Waals surface area (Å²) < 4.78 is 0. The Labute approximate surface area is 153 Å². The Morgan fingerprint density at radius 3 is 2.52 bits per heavy atom. The number of hydrogen-bond donors (Lipinski definition) is 2. The van der Waals surface area contributed by atoms with Crippen molar-refractivity contribution in [1.82, 2.24) is 14.8 Å². The van der Waals surface area contributed by atoms with Crippen LogP contribution in [0, 0.1) is 0 Å². The monoisotopic (exact) mass is 357 g/mol. The first-order valence-corrected chi connectivity index (χ1v) is 8.74. The molecule has 0 fully saturated rings. The van der Waals surface area contributed by atoms with E-state index in [0.717, 1.165) is 41.8 Å². The van der Waals surface area contributed by atoms with Crippen LogP contribution in [0.2, 0.25) is 5.02 Å². The fraction of sp³-hybridized carbons (Fsp3) is 0.300. The number of nitrogens with one attached hydrogen (secondary N) is 1. The molecule has 25 heavy (non-hydrogen) atoms. The third kappa shape index (κ3) is 4.34. The molecule has 0 spiro atoms. The smallest absolute Gasteiger partial charge is 0.126 e. The zero-order chi connectivity index (χ0) is 18.0. The van der Waals surface area contributed by atoms with Gasteiger partial charge in [0.05, 0.1) is 5.69 Å². The molecule has 1 aromatic heterocycles. The number of fused-ring (bicyclic) bond motifs is 1. The minimum atomic E-state index is 0.183. The third-order valence-electron chi connectivity index (χ3n) is 4.32. The van der Waals surface area contributed by atoms with Crippen LogP contribution in [0.25, 0.3) is 22.2 Å².